The molecule has 2 aromatic rings. The summed E-state index contributed by atoms with van der Waals surface area (Å²) in [6.45, 7) is 0. The third-order valence-corrected chi connectivity index (χ3v) is 2.25. The molecule has 1 N–H and O–H groups in total. The molecule has 2 rings (SSSR count). The van der Waals surface area contributed by atoms with E-state index in [-0.39, 0.29) is 5.76 Å². The zero-order valence-electron chi connectivity index (χ0n) is 9.18. The Balaban J connectivity index is 2.29. The summed E-state index contributed by atoms with van der Waals surface area (Å²) in [6, 6.07) is 11.7. The van der Waals surface area contributed by atoms with Crippen molar-refractivity contribution in [2.24, 2.45) is 0 Å². The van der Waals surface area contributed by atoms with E-state index in [4.69, 9.17) is 14.8 Å². The van der Waals surface area contributed by atoms with Gasteiger partial charge in [0.25, 0.3) is 0 Å². The Hall–Kier alpha value is -2.98. The lowest BCUT2D eigenvalue weighted by molar-refractivity contribution is 0.0663. The summed E-state index contributed by atoms with van der Waals surface area (Å²) in [5, 5.41) is 17.1. The molecule has 0 saturated heterocycles. The van der Waals surface area contributed by atoms with Crippen LogP contribution in [0.1, 0.15) is 16.1 Å². The van der Waals surface area contributed by atoms with Gasteiger partial charge in [-0.3, -0.25) is 0 Å². The number of nitrogens with zero attached hydrogens (tertiary/aromatic N) is 1. The molecule has 0 bridgehead atoms. The fourth-order valence-electron chi connectivity index (χ4n) is 1.43. The van der Waals surface area contributed by atoms with Gasteiger partial charge in [-0.15, -0.1) is 0 Å². The van der Waals surface area contributed by atoms with Gasteiger partial charge in [0.2, 0.25) is 5.76 Å². The highest BCUT2D eigenvalue weighted by molar-refractivity contribution is 5.85. The minimum absolute atomic E-state index is 0.0988. The molecule has 0 aliphatic heterocycles. The highest BCUT2D eigenvalue weighted by atomic mass is 16.4. The van der Waals surface area contributed by atoms with Crippen LogP contribution < -0.4 is 0 Å². The summed E-state index contributed by atoms with van der Waals surface area (Å²) >= 11 is 0. The smallest absolute Gasteiger partial charge is 0.371 e. The topological polar surface area (TPSA) is 74.2 Å². The first kappa shape index (κ1) is 11.5. The summed E-state index contributed by atoms with van der Waals surface area (Å²) < 4.78 is 5.16. The second kappa shape index (κ2) is 4.90. The number of rotatable bonds is 2. The molecule has 4 nitrogen and oxygen atoms in total. The van der Waals surface area contributed by atoms with Gasteiger partial charge in [-0.05, 0) is 24.3 Å². The first-order chi connectivity index (χ1) is 8.70. The lowest BCUT2D eigenvalue weighted by Gasteiger charge is -1.96. The monoisotopic (exact) mass is 237 g/mol. The number of aromatic carboxylic acids is 1. The molecule has 0 radical (unpaired) electrons. The van der Waals surface area contributed by atoms with Crippen molar-refractivity contribution >= 4 is 5.97 Å². The first-order valence-electron chi connectivity index (χ1n) is 5.04. The quantitative estimate of drug-likeness (QED) is 0.814. The molecular weight excluding hydrogens is 230 g/mol. The number of benzene rings is 1. The van der Waals surface area contributed by atoms with Crippen LogP contribution in [0.5, 0.6) is 0 Å². The second-order valence-electron chi connectivity index (χ2n) is 3.41. The van der Waals surface area contributed by atoms with E-state index in [1.54, 1.807) is 36.4 Å². The fraction of sp³-hybridized carbons (Fsp3) is 0. The number of carboxylic acid groups (broad SMARTS) is 1. The largest absolute Gasteiger partial charge is 0.475 e. The van der Waals surface area contributed by atoms with Crippen molar-refractivity contribution in [2.45, 2.75) is 0 Å². The Morgan fingerprint density at radius 1 is 1.17 bits per heavy atom. The van der Waals surface area contributed by atoms with E-state index >= 15 is 0 Å². The third kappa shape index (κ3) is 2.40. The van der Waals surface area contributed by atoms with Crippen molar-refractivity contribution in [3.05, 3.63) is 47.7 Å². The second-order valence-corrected chi connectivity index (χ2v) is 3.41. The molecule has 1 aromatic heterocycles. The molecule has 0 spiro atoms. The van der Waals surface area contributed by atoms with Gasteiger partial charge in [0.15, 0.2) is 6.07 Å². The summed E-state index contributed by atoms with van der Waals surface area (Å²) in [5.41, 5.74) is 1.47. The Kier molecular flexibility index (Phi) is 3.13. The Bertz CT molecular complexity index is 678. The van der Waals surface area contributed by atoms with Crippen LogP contribution in [-0.2, 0) is 0 Å². The highest BCUT2D eigenvalue weighted by Crippen LogP contribution is 2.22. The van der Waals surface area contributed by atoms with Crippen molar-refractivity contribution in [3.8, 4) is 29.2 Å². The molecular formula is C14H7NO3. The molecule has 18 heavy (non-hydrogen) atoms. The van der Waals surface area contributed by atoms with Gasteiger partial charge in [-0.25, -0.2) is 4.79 Å². The van der Waals surface area contributed by atoms with E-state index < -0.39 is 5.97 Å². The summed E-state index contributed by atoms with van der Waals surface area (Å²) in [7, 11) is 0. The van der Waals surface area contributed by atoms with E-state index in [2.05, 4.69) is 11.8 Å². The van der Waals surface area contributed by atoms with Crippen LogP contribution >= 0.6 is 0 Å². The lowest BCUT2D eigenvalue weighted by atomic mass is 10.1. The molecule has 0 atom stereocenters. The van der Waals surface area contributed by atoms with Gasteiger partial charge in [-0.2, -0.15) is 5.26 Å². The number of carboxylic acids is 1. The van der Waals surface area contributed by atoms with E-state index in [9.17, 15) is 4.79 Å². The van der Waals surface area contributed by atoms with Crippen LogP contribution in [0.2, 0.25) is 0 Å². The van der Waals surface area contributed by atoms with Crippen LogP contribution in [0, 0.1) is 23.2 Å². The average Bonchev–Trinajstić information content (AvgIpc) is 2.87. The van der Waals surface area contributed by atoms with Crippen molar-refractivity contribution in [1.29, 1.82) is 5.26 Å². The molecule has 0 saturated carbocycles. The minimum atomic E-state index is -1.10. The third-order valence-electron chi connectivity index (χ3n) is 2.25. The highest BCUT2D eigenvalue weighted by Gasteiger charge is 2.09. The Morgan fingerprint density at radius 2 is 1.89 bits per heavy atom. The standard InChI is InChI=1S/C14H7NO3/c15-9-1-2-10-3-5-11(6-4-10)12-7-8-13(18-12)14(16)17/h3-8H,(H,16,17). The Labute approximate surface area is 103 Å². The molecule has 86 valence electrons. The Morgan fingerprint density at radius 3 is 2.44 bits per heavy atom. The molecule has 1 aromatic carbocycles. The zero-order chi connectivity index (χ0) is 13.0. The predicted molar refractivity (Wildman–Crippen MR) is 63.6 cm³/mol. The van der Waals surface area contributed by atoms with Gasteiger partial charge < -0.3 is 9.52 Å². The van der Waals surface area contributed by atoms with Gasteiger partial charge >= 0.3 is 5.97 Å². The first-order valence-corrected chi connectivity index (χ1v) is 5.04. The number of carbonyl (C=O) groups is 1. The van der Waals surface area contributed by atoms with Crippen LogP contribution in [-0.4, -0.2) is 11.1 Å². The van der Waals surface area contributed by atoms with Crippen molar-refractivity contribution < 1.29 is 14.3 Å². The maximum absolute atomic E-state index is 10.7. The van der Waals surface area contributed by atoms with Crippen molar-refractivity contribution in [1.82, 2.24) is 0 Å². The average molecular weight is 237 g/mol. The molecule has 4 heteroatoms. The molecule has 0 fully saturated rings. The lowest BCUT2D eigenvalue weighted by Crippen LogP contribution is -1.91. The van der Waals surface area contributed by atoms with Crippen LogP contribution in [0.15, 0.2) is 40.8 Å². The summed E-state index contributed by atoms with van der Waals surface area (Å²) in [4.78, 5) is 10.7. The molecule has 0 aliphatic rings. The van der Waals surface area contributed by atoms with E-state index in [0.29, 0.717) is 11.3 Å². The summed E-state index contributed by atoms with van der Waals surface area (Å²) in [6.07, 6.45) is 0. The van der Waals surface area contributed by atoms with Gasteiger partial charge in [0.1, 0.15) is 5.76 Å². The maximum Gasteiger partial charge on any atom is 0.371 e. The van der Waals surface area contributed by atoms with Crippen LogP contribution in [0.3, 0.4) is 0 Å². The SMILES string of the molecule is N#CC#Cc1ccc(-c2ccc(C(=O)O)o2)cc1. The molecule has 0 aliphatic carbocycles. The summed E-state index contributed by atoms with van der Waals surface area (Å²) in [5.74, 6) is 4.24. The van der Waals surface area contributed by atoms with Crippen LogP contribution in [0.25, 0.3) is 11.3 Å². The fourth-order valence-corrected chi connectivity index (χ4v) is 1.43. The van der Waals surface area contributed by atoms with Gasteiger partial charge in [0.05, 0.1) is 0 Å². The van der Waals surface area contributed by atoms with Crippen molar-refractivity contribution in [2.75, 3.05) is 0 Å². The van der Waals surface area contributed by atoms with Gasteiger partial charge in [-0.1, -0.05) is 18.1 Å². The van der Waals surface area contributed by atoms with Gasteiger partial charge in [0, 0.05) is 17.0 Å². The number of furan rings is 1. The van der Waals surface area contributed by atoms with Crippen molar-refractivity contribution in [3.63, 3.8) is 0 Å². The van der Waals surface area contributed by atoms with E-state index in [1.165, 1.54) is 6.07 Å². The van der Waals surface area contributed by atoms with Crippen LogP contribution in [0.4, 0.5) is 0 Å². The normalized spacial score (nSPS) is 9.06. The number of hydrogen-bond acceptors (Lipinski definition) is 3. The minimum Gasteiger partial charge on any atom is -0.475 e. The maximum atomic E-state index is 10.7. The van der Waals surface area contributed by atoms with E-state index in [1.807, 2.05) is 0 Å². The molecule has 1 heterocycles. The molecule has 0 amide bonds. The number of nitriles is 1. The number of hydrogen-bond donors (Lipinski definition) is 1. The van der Waals surface area contributed by atoms with E-state index in [0.717, 1.165) is 5.56 Å². The zero-order valence-corrected chi connectivity index (χ0v) is 9.18. The predicted octanol–water partition coefficient (Wildman–Crippen LogP) is 2.52. The molecule has 0 unspecified atom stereocenters.